The van der Waals surface area contributed by atoms with Crippen LogP contribution in [-0.4, -0.2) is 16.5 Å². The Bertz CT molecular complexity index is 615. The molecule has 0 aliphatic heterocycles. The summed E-state index contributed by atoms with van der Waals surface area (Å²) in [5.41, 5.74) is 4.76. The third-order valence-electron chi connectivity index (χ3n) is 3.59. The molecular weight excluding hydrogens is 265 g/mol. The van der Waals surface area contributed by atoms with Crippen LogP contribution in [0.2, 0.25) is 0 Å². The van der Waals surface area contributed by atoms with Crippen LogP contribution in [0.15, 0.2) is 18.2 Å². The van der Waals surface area contributed by atoms with Crippen LogP contribution < -0.4 is 5.32 Å². The Morgan fingerprint density at radius 2 is 1.76 bits per heavy atom. The SMILES string of the molecule is CCCNCc1c(C)nc(-c2cc(F)ccc2C)nc1C. The smallest absolute Gasteiger partial charge is 0.160 e. The van der Waals surface area contributed by atoms with Crippen LogP contribution >= 0.6 is 0 Å². The molecule has 1 N–H and O–H groups in total. The highest BCUT2D eigenvalue weighted by atomic mass is 19.1. The fraction of sp³-hybridized carbons (Fsp3) is 0.412. The molecule has 0 spiro atoms. The molecular formula is C17H22FN3. The molecule has 3 nitrogen and oxygen atoms in total. The maximum Gasteiger partial charge on any atom is 0.160 e. The van der Waals surface area contributed by atoms with Gasteiger partial charge in [-0.25, -0.2) is 14.4 Å². The van der Waals surface area contributed by atoms with Crippen molar-refractivity contribution in [3.63, 3.8) is 0 Å². The summed E-state index contributed by atoms with van der Waals surface area (Å²) in [6.07, 6.45) is 1.10. The summed E-state index contributed by atoms with van der Waals surface area (Å²) in [6, 6.07) is 4.72. The Balaban J connectivity index is 2.37. The van der Waals surface area contributed by atoms with Crippen LogP contribution in [0, 0.1) is 26.6 Å². The number of rotatable bonds is 5. The summed E-state index contributed by atoms with van der Waals surface area (Å²) in [6.45, 7) is 9.79. The number of aryl methyl sites for hydroxylation is 3. The number of hydrogen-bond donors (Lipinski definition) is 1. The standard InChI is InChI=1S/C17H22FN3/c1-5-8-19-10-16-12(3)20-17(21-13(16)4)15-9-14(18)7-6-11(15)2/h6-7,9,19H,5,8,10H2,1-4H3. The lowest BCUT2D eigenvalue weighted by atomic mass is 10.1. The van der Waals surface area contributed by atoms with Gasteiger partial charge in [-0.1, -0.05) is 13.0 Å². The first kappa shape index (κ1) is 15.6. The van der Waals surface area contributed by atoms with Crippen molar-refractivity contribution in [1.82, 2.24) is 15.3 Å². The molecule has 0 aliphatic rings. The minimum atomic E-state index is -0.261. The molecule has 0 saturated heterocycles. The summed E-state index contributed by atoms with van der Waals surface area (Å²) in [5.74, 6) is 0.337. The topological polar surface area (TPSA) is 37.8 Å². The lowest BCUT2D eigenvalue weighted by Crippen LogP contribution is -2.17. The third-order valence-corrected chi connectivity index (χ3v) is 3.59. The molecule has 4 heteroatoms. The van der Waals surface area contributed by atoms with Crippen LogP contribution in [-0.2, 0) is 6.54 Å². The van der Waals surface area contributed by atoms with E-state index in [9.17, 15) is 4.39 Å². The molecule has 0 saturated carbocycles. The van der Waals surface area contributed by atoms with Crippen molar-refractivity contribution < 1.29 is 4.39 Å². The average Bonchev–Trinajstić information content (AvgIpc) is 2.44. The van der Waals surface area contributed by atoms with Crippen molar-refractivity contribution in [2.45, 2.75) is 40.7 Å². The second-order valence-electron chi connectivity index (χ2n) is 5.33. The average molecular weight is 287 g/mol. The van der Waals surface area contributed by atoms with E-state index >= 15 is 0 Å². The van der Waals surface area contributed by atoms with Crippen LogP contribution in [0.5, 0.6) is 0 Å². The summed E-state index contributed by atoms with van der Waals surface area (Å²) in [4.78, 5) is 9.13. The van der Waals surface area contributed by atoms with Gasteiger partial charge in [-0.3, -0.25) is 0 Å². The number of aromatic nitrogens is 2. The highest BCUT2D eigenvalue weighted by molar-refractivity contribution is 5.60. The van der Waals surface area contributed by atoms with Gasteiger partial charge in [0.25, 0.3) is 0 Å². The van der Waals surface area contributed by atoms with Gasteiger partial charge in [-0.05, 0) is 51.4 Å². The third kappa shape index (κ3) is 3.64. The molecule has 0 unspecified atom stereocenters. The number of nitrogens with one attached hydrogen (secondary N) is 1. The molecule has 0 radical (unpaired) electrons. The molecule has 0 atom stereocenters. The lowest BCUT2D eigenvalue weighted by Gasteiger charge is -2.12. The highest BCUT2D eigenvalue weighted by Gasteiger charge is 2.12. The highest BCUT2D eigenvalue weighted by Crippen LogP contribution is 2.23. The number of hydrogen-bond acceptors (Lipinski definition) is 3. The fourth-order valence-electron chi connectivity index (χ4n) is 2.34. The molecule has 0 amide bonds. The van der Waals surface area contributed by atoms with Gasteiger partial charge in [-0.2, -0.15) is 0 Å². The van der Waals surface area contributed by atoms with Gasteiger partial charge in [-0.15, -0.1) is 0 Å². The molecule has 2 rings (SSSR count). The van der Waals surface area contributed by atoms with E-state index in [1.165, 1.54) is 12.1 Å². The quantitative estimate of drug-likeness (QED) is 0.852. The lowest BCUT2D eigenvalue weighted by molar-refractivity contribution is 0.627. The van der Waals surface area contributed by atoms with E-state index in [4.69, 9.17) is 0 Å². The van der Waals surface area contributed by atoms with Gasteiger partial charge >= 0.3 is 0 Å². The predicted molar refractivity (Wildman–Crippen MR) is 83.6 cm³/mol. The van der Waals surface area contributed by atoms with E-state index in [0.717, 1.165) is 47.6 Å². The monoisotopic (exact) mass is 287 g/mol. The fourth-order valence-corrected chi connectivity index (χ4v) is 2.34. The Hall–Kier alpha value is -1.81. The zero-order valence-electron chi connectivity index (χ0n) is 13.1. The molecule has 1 heterocycles. The van der Waals surface area contributed by atoms with Crippen molar-refractivity contribution in [2.24, 2.45) is 0 Å². The van der Waals surface area contributed by atoms with Crippen LogP contribution in [0.25, 0.3) is 11.4 Å². The van der Waals surface area contributed by atoms with Crippen molar-refractivity contribution in [3.8, 4) is 11.4 Å². The van der Waals surface area contributed by atoms with Crippen LogP contribution in [0.3, 0.4) is 0 Å². The maximum atomic E-state index is 13.5. The Morgan fingerprint density at radius 3 is 2.38 bits per heavy atom. The van der Waals surface area contributed by atoms with E-state index in [1.54, 1.807) is 6.07 Å². The molecule has 1 aromatic carbocycles. The minimum absolute atomic E-state index is 0.261. The Kier molecular flexibility index (Phi) is 5.02. The van der Waals surface area contributed by atoms with E-state index in [2.05, 4.69) is 22.2 Å². The normalized spacial score (nSPS) is 10.9. The van der Waals surface area contributed by atoms with E-state index in [-0.39, 0.29) is 5.82 Å². The zero-order valence-corrected chi connectivity index (χ0v) is 13.1. The van der Waals surface area contributed by atoms with Gasteiger partial charge in [0.2, 0.25) is 0 Å². The first-order valence-electron chi connectivity index (χ1n) is 7.34. The summed E-state index contributed by atoms with van der Waals surface area (Å²) < 4.78 is 13.5. The molecule has 112 valence electrons. The molecule has 0 fully saturated rings. The molecule has 21 heavy (non-hydrogen) atoms. The summed E-state index contributed by atoms with van der Waals surface area (Å²) in [7, 11) is 0. The van der Waals surface area contributed by atoms with E-state index in [0.29, 0.717) is 5.82 Å². The molecule has 2 aromatic rings. The number of halogens is 1. The first-order valence-corrected chi connectivity index (χ1v) is 7.34. The van der Waals surface area contributed by atoms with Gasteiger partial charge in [0.05, 0.1) is 0 Å². The second kappa shape index (κ2) is 6.76. The first-order chi connectivity index (χ1) is 10.0. The van der Waals surface area contributed by atoms with Crippen LogP contribution in [0.4, 0.5) is 4.39 Å². The maximum absolute atomic E-state index is 13.5. The minimum Gasteiger partial charge on any atom is -0.313 e. The number of benzene rings is 1. The zero-order chi connectivity index (χ0) is 15.4. The van der Waals surface area contributed by atoms with Crippen molar-refractivity contribution >= 4 is 0 Å². The van der Waals surface area contributed by atoms with Gasteiger partial charge in [0.15, 0.2) is 5.82 Å². The predicted octanol–water partition coefficient (Wildman–Crippen LogP) is 3.71. The molecule has 0 aliphatic carbocycles. The second-order valence-corrected chi connectivity index (χ2v) is 5.33. The molecule has 1 aromatic heterocycles. The Morgan fingerprint density at radius 1 is 1.10 bits per heavy atom. The van der Waals surface area contributed by atoms with Crippen molar-refractivity contribution in [1.29, 1.82) is 0 Å². The summed E-state index contributed by atoms with van der Waals surface area (Å²) >= 11 is 0. The van der Waals surface area contributed by atoms with Gasteiger partial charge in [0.1, 0.15) is 5.82 Å². The van der Waals surface area contributed by atoms with Crippen molar-refractivity contribution in [2.75, 3.05) is 6.54 Å². The van der Waals surface area contributed by atoms with Crippen molar-refractivity contribution in [3.05, 3.63) is 46.5 Å². The largest absolute Gasteiger partial charge is 0.313 e. The van der Waals surface area contributed by atoms with E-state index in [1.807, 2.05) is 20.8 Å². The number of nitrogens with zero attached hydrogens (tertiary/aromatic N) is 2. The Labute approximate surface area is 125 Å². The molecule has 0 bridgehead atoms. The van der Waals surface area contributed by atoms with Gasteiger partial charge < -0.3 is 5.32 Å². The summed E-state index contributed by atoms with van der Waals surface area (Å²) in [5, 5.41) is 3.37. The van der Waals surface area contributed by atoms with E-state index < -0.39 is 0 Å². The van der Waals surface area contributed by atoms with Crippen LogP contribution in [0.1, 0.15) is 35.9 Å². The van der Waals surface area contributed by atoms with Gasteiger partial charge in [0, 0.05) is 29.1 Å².